The van der Waals surface area contributed by atoms with Crippen LogP contribution in [0.5, 0.6) is 0 Å². The van der Waals surface area contributed by atoms with Crippen LogP contribution in [-0.4, -0.2) is 19.5 Å². The number of nitriles is 1. The lowest BCUT2D eigenvalue weighted by molar-refractivity contribution is -0.111. The number of rotatable bonds is 5. The molecule has 0 aromatic carbocycles. The predicted octanol–water partition coefficient (Wildman–Crippen LogP) is 0.528. The van der Waals surface area contributed by atoms with Gasteiger partial charge in [0, 0.05) is 0 Å². The van der Waals surface area contributed by atoms with E-state index in [0.29, 0.717) is 12.9 Å². The van der Waals surface area contributed by atoms with Crippen LogP contribution in [0.15, 0.2) is 12.7 Å². The molecular weight excluding hydrogens is 130 g/mol. The van der Waals surface area contributed by atoms with E-state index in [0.717, 1.165) is 0 Å². The van der Waals surface area contributed by atoms with E-state index >= 15 is 0 Å². The van der Waals surface area contributed by atoms with Crippen molar-refractivity contribution >= 4 is 6.29 Å². The van der Waals surface area contributed by atoms with Gasteiger partial charge >= 0.3 is 0 Å². The summed E-state index contributed by atoms with van der Waals surface area (Å²) in [6.07, 6.45) is 2.14. The van der Waals surface area contributed by atoms with Gasteiger partial charge in [-0.2, -0.15) is 5.26 Å². The van der Waals surface area contributed by atoms with E-state index < -0.39 is 5.92 Å². The van der Waals surface area contributed by atoms with Crippen molar-refractivity contribution in [2.75, 3.05) is 13.2 Å². The monoisotopic (exact) mass is 139 g/mol. The summed E-state index contributed by atoms with van der Waals surface area (Å²) in [6, 6.07) is 1.78. The van der Waals surface area contributed by atoms with Crippen LogP contribution < -0.4 is 0 Å². The first-order chi connectivity index (χ1) is 4.85. The highest BCUT2D eigenvalue weighted by Gasteiger charge is 2.02. The van der Waals surface area contributed by atoms with E-state index in [9.17, 15) is 4.79 Å². The van der Waals surface area contributed by atoms with E-state index in [1.807, 2.05) is 0 Å². The van der Waals surface area contributed by atoms with E-state index in [1.165, 1.54) is 0 Å². The average Bonchev–Trinajstić information content (AvgIpc) is 1.99. The molecular formula is C7H9NO2. The number of carbonyl (C=O) groups is 1. The minimum atomic E-state index is -0.639. The molecule has 1 atom stereocenters. The normalized spacial score (nSPS) is 11.5. The molecule has 0 fully saturated rings. The van der Waals surface area contributed by atoms with Crippen molar-refractivity contribution < 1.29 is 9.53 Å². The fraction of sp³-hybridized carbons (Fsp3) is 0.429. The number of aldehydes is 1. The first kappa shape index (κ1) is 8.86. The molecule has 10 heavy (non-hydrogen) atoms. The van der Waals surface area contributed by atoms with E-state index in [-0.39, 0.29) is 6.61 Å². The highest BCUT2D eigenvalue weighted by Crippen LogP contribution is 1.89. The summed E-state index contributed by atoms with van der Waals surface area (Å²) in [5.74, 6) is -0.639. The fourth-order valence-electron chi connectivity index (χ4n) is 0.385. The zero-order valence-electron chi connectivity index (χ0n) is 5.62. The molecule has 0 N–H and O–H groups in total. The predicted molar refractivity (Wildman–Crippen MR) is 36.2 cm³/mol. The Kier molecular flexibility index (Phi) is 5.30. The van der Waals surface area contributed by atoms with Crippen LogP contribution in [0.4, 0.5) is 0 Å². The zero-order chi connectivity index (χ0) is 7.82. The van der Waals surface area contributed by atoms with Crippen molar-refractivity contribution in [3.63, 3.8) is 0 Å². The third kappa shape index (κ3) is 3.81. The van der Waals surface area contributed by atoms with Crippen molar-refractivity contribution in [2.24, 2.45) is 5.92 Å². The molecule has 3 nitrogen and oxygen atoms in total. The van der Waals surface area contributed by atoms with Crippen LogP contribution >= 0.6 is 0 Å². The van der Waals surface area contributed by atoms with Crippen molar-refractivity contribution in [3.05, 3.63) is 12.7 Å². The Bertz CT molecular complexity index is 148. The number of hydrogen-bond donors (Lipinski definition) is 0. The summed E-state index contributed by atoms with van der Waals surface area (Å²) in [5, 5.41) is 8.24. The molecule has 0 amide bonds. The SMILES string of the molecule is C=CCOCC(C#N)C=O. The zero-order valence-corrected chi connectivity index (χ0v) is 5.62. The molecule has 54 valence electrons. The first-order valence-electron chi connectivity index (χ1n) is 2.88. The molecule has 0 aliphatic heterocycles. The second-order valence-electron chi connectivity index (χ2n) is 1.70. The van der Waals surface area contributed by atoms with Gasteiger partial charge in [0.15, 0.2) is 0 Å². The molecule has 0 aromatic heterocycles. The molecule has 0 bridgehead atoms. The third-order valence-electron chi connectivity index (χ3n) is 0.863. The maximum atomic E-state index is 10.0. The highest BCUT2D eigenvalue weighted by molar-refractivity contribution is 5.57. The largest absolute Gasteiger partial charge is 0.376 e. The number of ether oxygens (including phenoxy) is 1. The lowest BCUT2D eigenvalue weighted by atomic mass is 10.2. The van der Waals surface area contributed by atoms with Gasteiger partial charge in [-0.1, -0.05) is 6.08 Å². The van der Waals surface area contributed by atoms with Crippen molar-refractivity contribution in [1.82, 2.24) is 0 Å². The van der Waals surface area contributed by atoms with E-state index in [4.69, 9.17) is 10.00 Å². The number of nitrogens with zero attached hydrogens (tertiary/aromatic N) is 1. The molecule has 1 unspecified atom stereocenters. The molecule has 0 heterocycles. The lowest BCUT2D eigenvalue weighted by Gasteiger charge is -1.99. The van der Waals surface area contributed by atoms with Crippen LogP contribution in [-0.2, 0) is 9.53 Å². The third-order valence-corrected chi connectivity index (χ3v) is 0.863. The maximum absolute atomic E-state index is 10.0. The van der Waals surface area contributed by atoms with E-state index in [1.54, 1.807) is 12.1 Å². The molecule has 3 heteroatoms. The summed E-state index contributed by atoms with van der Waals surface area (Å²) in [6.45, 7) is 3.95. The minimum absolute atomic E-state index is 0.159. The Labute approximate surface area is 59.9 Å². The quantitative estimate of drug-likeness (QED) is 0.317. The minimum Gasteiger partial charge on any atom is -0.376 e. The fourth-order valence-corrected chi connectivity index (χ4v) is 0.385. The van der Waals surface area contributed by atoms with Crippen molar-refractivity contribution in [3.8, 4) is 6.07 Å². The van der Waals surface area contributed by atoms with Crippen LogP contribution in [0, 0.1) is 17.2 Å². The van der Waals surface area contributed by atoms with Gasteiger partial charge in [-0.15, -0.1) is 6.58 Å². The smallest absolute Gasteiger partial charge is 0.139 e. The standard InChI is InChI=1S/C7H9NO2/c1-2-3-10-6-7(4-8)5-9/h2,5,7H,1,3,6H2. The van der Waals surface area contributed by atoms with Crippen LogP contribution in [0.25, 0.3) is 0 Å². The van der Waals surface area contributed by atoms with Gasteiger partial charge in [-0.05, 0) is 0 Å². The summed E-state index contributed by atoms with van der Waals surface area (Å²) in [7, 11) is 0. The Hall–Kier alpha value is -1.14. The van der Waals surface area contributed by atoms with Crippen molar-refractivity contribution in [2.45, 2.75) is 0 Å². The molecule has 0 saturated carbocycles. The second-order valence-corrected chi connectivity index (χ2v) is 1.70. The summed E-state index contributed by atoms with van der Waals surface area (Å²) in [5.41, 5.74) is 0. The molecule has 0 aliphatic rings. The van der Waals surface area contributed by atoms with Crippen molar-refractivity contribution in [1.29, 1.82) is 5.26 Å². The lowest BCUT2D eigenvalue weighted by Crippen LogP contribution is -2.08. The Morgan fingerprint density at radius 2 is 2.50 bits per heavy atom. The van der Waals surface area contributed by atoms with E-state index in [2.05, 4.69) is 6.58 Å². The molecule has 0 aromatic rings. The van der Waals surface area contributed by atoms with Gasteiger partial charge in [0.2, 0.25) is 0 Å². The van der Waals surface area contributed by atoms with Crippen LogP contribution in [0.1, 0.15) is 0 Å². The van der Waals surface area contributed by atoms with Gasteiger partial charge in [0.1, 0.15) is 12.2 Å². The van der Waals surface area contributed by atoms with Crippen LogP contribution in [0.2, 0.25) is 0 Å². The van der Waals surface area contributed by atoms with Gasteiger partial charge < -0.3 is 9.53 Å². The summed E-state index contributed by atoms with van der Waals surface area (Å²) >= 11 is 0. The van der Waals surface area contributed by atoms with Gasteiger partial charge in [-0.3, -0.25) is 0 Å². The molecule has 0 aliphatic carbocycles. The maximum Gasteiger partial charge on any atom is 0.139 e. The van der Waals surface area contributed by atoms with Gasteiger partial charge in [-0.25, -0.2) is 0 Å². The second kappa shape index (κ2) is 5.99. The van der Waals surface area contributed by atoms with Crippen LogP contribution in [0.3, 0.4) is 0 Å². The summed E-state index contributed by atoms with van der Waals surface area (Å²) < 4.78 is 4.85. The molecule has 0 saturated heterocycles. The summed E-state index contributed by atoms with van der Waals surface area (Å²) in [4.78, 5) is 10.0. The Balaban J connectivity index is 3.37. The molecule has 0 spiro atoms. The number of carbonyl (C=O) groups excluding carboxylic acids is 1. The first-order valence-corrected chi connectivity index (χ1v) is 2.88. The highest BCUT2D eigenvalue weighted by atomic mass is 16.5. The average molecular weight is 139 g/mol. The molecule has 0 radical (unpaired) electrons. The number of hydrogen-bond acceptors (Lipinski definition) is 3. The van der Waals surface area contributed by atoms with Gasteiger partial charge in [0.25, 0.3) is 0 Å². The Morgan fingerprint density at radius 1 is 1.80 bits per heavy atom. The topological polar surface area (TPSA) is 50.1 Å². The van der Waals surface area contributed by atoms with Gasteiger partial charge in [0.05, 0.1) is 19.3 Å². The Morgan fingerprint density at radius 3 is 2.90 bits per heavy atom. The molecule has 0 rings (SSSR count).